The summed E-state index contributed by atoms with van der Waals surface area (Å²) in [5.41, 5.74) is 4.78. The molecule has 3 rings (SSSR count). The molecule has 0 spiro atoms. The topological polar surface area (TPSA) is 85.9 Å². The van der Waals surface area contributed by atoms with Gasteiger partial charge in [-0.2, -0.15) is 0 Å². The first-order chi connectivity index (χ1) is 12.0. The predicted molar refractivity (Wildman–Crippen MR) is 84.7 cm³/mol. The molecule has 8 heteroatoms. The number of rotatable bonds is 4. The van der Waals surface area contributed by atoms with Gasteiger partial charge in [-0.1, -0.05) is 12.1 Å². The molecule has 25 heavy (non-hydrogen) atoms. The van der Waals surface area contributed by atoms with Crippen molar-refractivity contribution < 1.29 is 28.2 Å². The monoisotopic (exact) mass is 346 g/mol. The minimum atomic E-state index is -1.01. The molecule has 2 aromatic carbocycles. The van der Waals surface area contributed by atoms with Crippen LogP contribution in [0.25, 0.3) is 0 Å². The fourth-order valence-electron chi connectivity index (χ4n) is 2.11. The normalized spacial score (nSPS) is 13.0. The van der Waals surface area contributed by atoms with Crippen LogP contribution in [-0.4, -0.2) is 24.7 Å². The van der Waals surface area contributed by atoms with Gasteiger partial charge in [0.15, 0.2) is 29.2 Å². The van der Waals surface area contributed by atoms with Crippen LogP contribution in [-0.2, 0) is 4.79 Å². The second-order valence-electron chi connectivity index (χ2n) is 5.20. The molecule has 7 nitrogen and oxygen atoms in total. The molecule has 0 unspecified atom stereocenters. The number of benzene rings is 2. The van der Waals surface area contributed by atoms with Crippen LogP contribution in [0.15, 0.2) is 42.5 Å². The van der Waals surface area contributed by atoms with Crippen LogP contribution >= 0.6 is 0 Å². The van der Waals surface area contributed by atoms with Crippen molar-refractivity contribution in [2.75, 3.05) is 6.79 Å². The van der Waals surface area contributed by atoms with Crippen molar-refractivity contribution in [2.24, 2.45) is 0 Å². The lowest BCUT2D eigenvalue weighted by Gasteiger charge is -2.15. The summed E-state index contributed by atoms with van der Waals surface area (Å²) in [6.45, 7) is 1.54. The van der Waals surface area contributed by atoms with Gasteiger partial charge in [0, 0.05) is 5.56 Å². The maximum Gasteiger partial charge on any atom is 0.279 e. The van der Waals surface area contributed by atoms with Crippen LogP contribution in [0.5, 0.6) is 17.2 Å². The highest BCUT2D eigenvalue weighted by molar-refractivity contribution is 5.96. The number of hydrazine groups is 1. The Morgan fingerprint density at radius 1 is 1.12 bits per heavy atom. The second kappa shape index (κ2) is 7.08. The molecule has 0 fully saturated rings. The van der Waals surface area contributed by atoms with Crippen molar-refractivity contribution in [1.82, 2.24) is 10.9 Å². The Balaban J connectivity index is 1.54. The number of fused-ring (bicyclic) bond motifs is 1. The quantitative estimate of drug-likeness (QED) is 0.825. The third-order valence-corrected chi connectivity index (χ3v) is 3.44. The van der Waals surface area contributed by atoms with Crippen molar-refractivity contribution in [3.63, 3.8) is 0 Å². The Labute approximate surface area is 142 Å². The summed E-state index contributed by atoms with van der Waals surface area (Å²) in [7, 11) is 0. The molecule has 0 aliphatic carbocycles. The van der Waals surface area contributed by atoms with Gasteiger partial charge in [0.05, 0.1) is 0 Å². The zero-order valence-corrected chi connectivity index (χ0v) is 13.2. The molecular weight excluding hydrogens is 331 g/mol. The van der Waals surface area contributed by atoms with Crippen LogP contribution in [0.4, 0.5) is 4.39 Å². The van der Waals surface area contributed by atoms with Crippen molar-refractivity contribution in [3.8, 4) is 17.2 Å². The summed E-state index contributed by atoms with van der Waals surface area (Å²) in [5.74, 6) is -0.788. The van der Waals surface area contributed by atoms with Gasteiger partial charge in [-0.05, 0) is 37.3 Å². The molecule has 1 heterocycles. The molecule has 0 saturated heterocycles. The van der Waals surface area contributed by atoms with E-state index in [-0.39, 0.29) is 18.1 Å². The fraction of sp³-hybridized carbons (Fsp3) is 0.176. The average molecular weight is 346 g/mol. The second-order valence-corrected chi connectivity index (χ2v) is 5.20. The van der Waals surface area contributed by atoms with Crippen LogP contribution < -0.4 is 25.1 Å². The van der Waals surface area contributed by atoms with Crippen molar-refractivity contribution in [1.29, 1.82) is 0 Å². The van der Waals surface area contributed by atoms with Crippen LogP contribution in [0.2, 0.25) is 0 Å². The van der Waals surface area contributed by atoms with Gasteiger partial charge in [0.1, 0.15) is 0 Å². The minimum absolute atomic E-state index is 0.0488. The largest absolute Gasteiger partial charge is 0.478 e. The minimum Gasteiger partial charge on any atom is -0.478 e. The maximum atomic E-state index is 13.5. The maximum absolute atomic E-state index is 13.5. The summed E-state index contributed by atoms with van der Waals surface area (Å²) < 4.78 is 29.1. The van der Waals surface area contributed by atoms with Crippen LogP contribution in [0.1, 0.15) is 17.3 Å². The van der Waals surface area contributed by atoms with E-state index in [1.807, 2.05) is 0 Å². The molecule has 1 aliphatic rings. The van der Waals surface area contributed by atoms with E-state index in [2.05, 4.69) is 10.9 Å². The lowest BCUT2D eigenvalue weighted by atomic mass is 10.2. The van der Waals surface area contributed by atoms with Crippen molar-refractivity contribution >= 4 is 11.8 Å². The molecule has 0 saturated carbocycles. The number of amides is 2. The molecule has 130 valence electrons. The Kier molecular flexibility index (Phi) is 4.69. The summed E-state index contributed by atoms with van der Waals surface area (Å²) in [6.07, 6.45) is -1.01. The molecule has 0 aromatic heterocycles. The van der Waals surface area contributed by atoms with E-state index in [0.717, 1.165) is 0 Å². The van der Waals surface area contributed by atoms with Crippen LogP contribution in [0.3, 0.4) is 0 Å². The summed E-state index contributed by atoms with van der Waals surface area (Å²) >= 11 is 0. The number of ether oxygens (including phenoxy) is 3. The Bertz CT molecular complexity index is 811. The molecule has 1 aliphatic heterocycles. The zero-order chi connectivity index (χ0) is 17.8. The SMILES string of the molecule is C[C@H](Oc1ccccc1F)C(=O)NNC(=O)c1ccc2c(c1)OCO2. The van der Waals surface area contributed by atoms with Gasteiger partial charge in [-0.25, -0.2) is 4.39 Å². The highest BCUT2D eigenvalue weighted by Crippen LogP contribution is 2.32. The summed E-state index contributed by atoms with van der Waals surface area (Å²) in [6, 6.07) is 10.4. The first-order valence-electron chi connectivity index (χ1n) is 7.45. The standard InChI is InChI=1S/C17H15FN2O5/c1-10(25-13-5-3-2-4-12(13)18)16(21)19-20-17(22)11-6-7-14-15(8-11)24-9-23-14/h2-8,10H,9H2,1H3,(H,19,21)(H,20,22)/t10-/m0/s1. The molecular formula is C17H15FN2O5. The van der Waals surface area contributed by atoms with Gasteiger partial charge >= 0.3 is 0 Å². The fourth-order valence-corrected chi connectivity index (χ4v) is 2.11. The number of hydrogen-bond donors (Lipinski definition) is 2. The van der Waals surface area contributed by atoms with E-state index in [0.29, 0.717) is 11.5 Å². The van der Waals surface area contributed by atoms with Gasteiger partial charge in [0.2, 0.25) is 6.79 Å². The average Bonchev–Trinajstić information content (AvgIpc) is 3.08. The Morgan fingerprint density at radius 3 is 2.68 bits per heavy atom. The van der Waals surface area contributed by atoms with E-state index in [1.165, 1.54) is 37.3 Å². The molecule has 2 aromatic rings. The van der Waals surface area contributed by atoms with Gasteiger partial charge in [-0.15, -0.1) is 0 Å². The third-order valence-electron chi connectivity index (χ3n) is 3.44. The summed E-state index contributed by atoms with van der Waals surface area (Å²) in [4.78, 5) is 24.0. The Morgan fingerprint density at radius 2 is 1.88 bits per heavy atom. The van der Waals surface area contributed by atoms with Crippen molar-refractivity contribution in [2.45, 2.75) is 13.0 Å². The van der Waals surface area contributed by atoms with E-state index in [4.69, 9.17) is 14.2 Å². The van der Waals surface area contributed by atoms with E-state index >= 15 is 0 Å². The number of carbonyl (C=O) groups is 2. The van der Waals surface area contributed by atoms with E-state index in [1.54, 1.807) is 12.1 Å². The summed E-state index contributed by atoms with van der Waals surface area (Å²) in [5, 5.41) is 0. The molecule has 0 bridgehead atoms. The first-order valence-corrected chi connectivity index (χ1v) is 7.45. The number of carbonyl (C=O) groups excluding carboxylic acids is 2. The molecule has 0 radical (unpaired) electrons. The highest BCUT2D eigenvalue weighted by Gasteiger charge is 2.19. The van der Waals surface area contributed by atoms with E-state index in [9.17, 15) is 14.0 Å². The number of halogens is 1. The molecule has 2 amide bonds. The lowest BCUT2D eigenvalue weighted by Crippen LogP contribution is -2.47. The number of para-hydroxylation sites is 1. The highest BCUT2D eigenvalue weighted by atomic mass is 19.1. The lowest BCUT2D eigenvalue weighted by molar-refractivity contribution is -0.128. The van der Waals surface area contributed by atoms with E-state index < -0.39 is 23.7 Å². The first kappa shape index (κ1) is 16.6. The van der Waals surface area contributed by atoms with Crippen molar-refractivity contribution in [3.05, 3.63) is 53.8 Å². The van der Waals surface area contributed by atoms with Gasteiger partial charge in [-0.3, -0.25) is 20.4 Å². The predicted octanol–water partition coefficient (Wildman–Crippen LogP) is 1.78. The number of nitrogens with one attached hydrogen (secondary N) is 2. The Hall–Kier alpha value is -3.29. The van der Waals surface area contributed by atoms with Gasteiger partial charge < -0.3 is 14.2 Å². The number of hydrogen-bond acceptors (Lipinski definition) is 5. The molecule has 1 atom stereocenters. The van der Waals surface area contributed by atoms with Gasteiger partial charge in [0.25, 0.3) is 11.8 Å². The zero-order valence-electron chi connectivity index (χ0n) is 13.2. The van der Waals surface area contributed by atoms with Crippen LogP contribution in [0, 0.1) is 5.82 Å². The third kappa shape index (κ3) is 3.79. The molecule has 2 N–H and O–H groups in total. The smallest absolute Gasteiger partial charge is 0.279 e.